The van der Waals surface area contributed by atoms with Gasteiger partial charge in [-0.05, 0) is 25.8 Å². The third-order valence-corrected chi connectivity index (χ3v) is 1.65. The summed E-state index contributed by atoms with van der Waals surface area (Å²) in [5.74, 6) is 0. The van der Waals surface area contributed by atoms with Crippen LogP contribution in [0, 0.1) is 0 Å². The zero-order valence-corrected chi connectivity index (χ0v) is 8.71. The van der Waals surface area contributed by atoms with Crippen LogP contribution in [-0.2, 0) is 9.47 Å². The Labute approximate surface area is 85.5 Å². The number of hydroxylamine groups is 1. The minimum atomic E-state index is 0.576. The van der Waals surface area contributed by atoms with Crippen molar-refractivity contribution in [2.75, 3.05) is 39.5 Å². The Hall–Kier alpha value is -0.200. The highest BCUT2D eigenvalue weighted by Crippen LogP contribution is 1.88. The molecule has 0 aliphatic heterocycles. The van der Waals surface area contributed by atoms with Crippen molar-refractivity contribution < 1.29 is 14.7 Å². The number of nitrogens with two attached hydrogens (primary N) is 1. The van der Waals surface area contributed by atoms with Gasteiger partial charge in [0.25, 0.3) is 0 Å². The fourth-order valence-electron chi connectivity index (χ4n) is 0.906. The van der Waals surface area contributed by atoms with Gasteiger partial charge in [-0.1, -0.05) is 0 Å². The van der Waals surface area contributed by atoms with Crippen LogP contribution in [0.3, 0.4) is 0 Å². The molecule has 0 saturated heterocycles. The Balaban J connectivity index is 2.78. The molecule has 0 aromatic carbocycles. The van der Waals surface area contributed by atoms with Gasteiger partial charge >= 0.3 is 0 Å². The number of rotatable bonds is 11. The monoisotopic (exact) mass is 206 g/mol. The summed E-state index contributed by atoms with van der Waals surface area (Å²) in [7, 11) is 0. The molecule has 4 N–H and O–H groups in total. The first-order valence-electron chi connectivity index (χ1n) is 5.14. The third-order valence-electron chi connectivity index (χ3n) is 1.65. The second kappa shape index (κ2) is 12.8. The fourth-order valence-corrected chi connectivity index (χ4v) is 0.906. The lowest BCUT2D eigenvalue weighted by atomic mass is 10.4. The molecule has 0 unspecified atom stereocenters. The highest BCUT2D eigenvalue weighted by atomic mass is 16.5. The van der Waals surface area contributed by atoms with Gasteiger partial charge in [0, 0.05) is 33.0 Å². The van der Waals surface area contributed by atoms with Crippen molar-refractivity contribution in [1.82, 2.24) is 5.48 Å². The SMILES string of the molecule is NCCCOCCCOCCCNO. The van der Waals surface area contributed by atoms with Crippen molar-refractivity contribution in [2.24, 2.45) is 5.73 Å². The van der Waals surface area contributed by atoms with Crippen LogP contribution in [0.2, 0.25) is 0 Å². The topological polar surface area (TPSA) is 76.7 Å². The molecule has 86 valence electrons. The van der Waals surface area contributed by atoms with Gasteiger partial charge in [-0.25, -0.2) is 5.48 Å². The maximum Gasteiger partial charge on any atom is 0.0487 e. The fraction of sp³-hybridized carbons (Fsp3) is 1.00. The van der Waals surface area contributed by atoms with Crippen LogP contribution in [0.15, 0.2) is 0 Å². The summed E-state index contributed by atoms with van der Waals surface area (Å²) in [5, 5.41) is 8.25. The summed E-state index contributed by atoms with van der Waals surface area (Å²) in [6, 6.07) is 0. The highest BCUT2D eigenvalue weighted by molar-refractivity contribution is 4.40. The van der Waals surface area contributed by atoms with E-state index < -0.39 is 0 Å². The van der Waals surface area contributed by atoms with Crippen molar-refractivity contribution in [1.29, 1.82) is 0 Å². The van der Waals surface area contributed by atoms with Crippen molar-refractivity contribution in [3.8, 4) is 0 Å². The molecular formula is C9H22N2O3. The predicted molar refractivity (Wildman–Crippen MR) is 54.3 cm³/mol. The molecular weight excluding hydrogens is 184 g/mol. The summed E-state index contributed by atoms with van der Waals surface area (Å²) in [5.41, 5.74) is 7.38. The maximum atomic E-state index is 8.25. The molecule has 0 spiro atoms. The molecule has 0 heterocycles. The number of nitrogens with one attached hydrogen (secondary N) is 1. The molecule has 5 nitrogen and oxygen atoms in total. The lowest BCUT2D eigenvalue weighted by Gasteiger charge is -2.04. The van der Waals surface area contributed by atoms with Crippen LogP contribution in [-0.4, -0.2) is 44.7 Å². The normalized spacial score (nSPS) is 10.7. The van der Waals surface area contributed by atoms with Crippen molar-refractivity contribution in [3.05, 3.63) is 0 Å². The van der Waals surface area contributed by atoms with Crippen LogP contribution < -0.4 is 11.2 Å². The Morgan fingerprint density at radius 3 is 2.07 bits per heavy atom. The number of ether oxygens (including phenoxy) is 2. The highest BCUT2D eigenvalue weighted by Gasteiger charge is 1.90. The van der Waals surface area contributed by atoms with E-state index in [0.29, 0.717) is 26.3 Å². The quantitative estimate of drug-likeness (QED) is 0.331. The van der Waals surface area contributed by atoms with Crippen LogP contribution in [0.25, 0.3) is 0 Å². The lowest BCUT2D eigenvalue weighted by Crippen LogP contribution is -2.12. The van der Waals surface area contributed by atoms with Gasteiger partial charge in [-0.3, -0.25) is 0 Å². The lowest BCUT2D eigenvalue weighted by molar-refractivity contribution is 0.0761. The van der Waals surface area contributed by atoms with Crippen LogP contribution >= 0.6 is 0 Å². The molecule has 0 fully saturated rings. The van der Waals surface area contributed by atoms with E-state index in [-0.39, 0.29) is 0 Å². The molecule has 14 heavy (non-hydrogen) atoms. The zero-order valence-electron chi connectivity index (χ0n) is 8.71. The van der Waals surface area contributed by atoms with Crippen molar-refractivity contribution in [2.45, 2.75) is 19.3 Å². The minimum Gasteiger partial charge on any atom is -0.381 e. The summed E-state index contributed by atoms with van der Waals surface area (Å²) < 4.78 is 10.6. The van der Waals surface area contributed by atoms with Crippen molar-refractivity contribution >= 4 is 0 Å². The van der Waals surface area contributed by atoms with Crippen LogP contribution in [0.1, 0.15) is 19.3 Å². The van der Waals surface area contributed by atoms with Gasteiger partial charge in [0.1, 0.15) is 0 Å². The standard InChI is InChI=1S/C9H22N2O3/c10-4-1-6-13-8-3-9-14-7-2-5-11-12/h11-12H,1-10H2. The van der Waals surface area contributed by atoms with Crippen LogP contribution in [0.4, 0.5) is 0 Å². The van der Waals surface area contributed by atoms with Gasteiger partial charge in [0.15, 0.2) is 0 Å². The molecule has 0 aliphatic rings. The van der Waals surface area contributed by atoms with E-state index in [4.69, 9.17) is 20.4 Å². The molecule has 0 amide bonds. The summed E-state index contributed by atoms with van der Waals surface area (Å²) in [4.78, 5) is 0. The van der Waals surface area contributed by atoms with E-state index in [1.54, 1.807) is 0 Å². The first-order chi connectivity index (χ1) is 6.91. The molecule has 5 heteroatoms. The summed E-state index contributed by atoms with van der Waals surface area (Å²) in [6.45, 7) is 4.13. The largest absolute Gasteiger partial charge is 0.381 e. The van der Waals surface area contributed by atoms with E-state index in [2.05, 4.69) is 5.48 Å². The molecule has 0 radical (unpaired) electrons. The Morgan fingerprint density at radius 1 is 0.929 bits per heavy atom. The van der Waals surface area contributed by atoms with Gasteiger partial charge in [0.05, 0.1) is 0 Å². The first-order valence-corrected chi connectivity index (χ1v) is 5.14. The van der Waals surface area contributed by atoms with Gasteiger partial charge in [-0.2, -0.15) is 0 Å². The Morgan fingerprint density at radius 2 is 1.50 bits per heavy atom. The average molecular weight is 206 g/mol. The van der Waals surface area contributed by atoms with E-state index in [9.17, 15) is 0 Å². The second-order valence-electron chi connectivity index (χ2n) is 2.98. The van der Waals surface area contributed by atoms with E-state index >= 15 is 0 Å². The number of hydrogen-bond donors (Lipinski definition) is 3. The zero-order chi connectivity index (χ0) is 10.5. The summed E-state index contributed by atoms with van der Waals surface area (Å²) >= 11 is 0. The second-order valence-corrected chi connectivity index (χ2v) is 2.98. The molecule has 0 aliphatic carbocycles. The van der Waals surface area contributed by atoms with Gasteiger partial charge in [0.2, 0.25) is 0 Å². The minimum absolute atomic E-state index is 0.576. The molecule has 0 aromatic heterocycles. The van der Waals surface area contributed by atoms with E-state index in [1.807, 2.05) is 0 Å². The molecule has 0 atom stereocenters. The summed E-state index contributed by atoms with van der Waals surface area (Å²) in [6.07, 6.45) is 2.66. The smallest absolute Gasteiger partial charge is 0.0487 e. The maximum absolute atomic E-state index is 8.25. The van der Waals surface area contributed by atoms with E-state index in [0.717, 1.165) is 32.5 Å². The van der Waals surface area contributed by atoms with Crippen LogP contribution in [0.5, 0.6) is 0 Å². The molecule has 0 bridgehead atoms. The molecule has 0 rings (SSSR count). The third kappa shape index (κ3) is 11.8. The van der Waals surface area contributed by atoms with Gasteiger partial charge in [-0.15, -0.1) is 0 Å². The first kappa shape index (κ1) is 13.8. The Bertz CT molecular complexity index is 92.1. The number of hydrogen-bond acceptors (Lipinski definition) is 5. The molecule has 0 aromatic rings. The van der Waals surface area contributed by atoms with Crippen molar-refractivity contribution in [3.63, 3.8) is 0 Å². The Kier molecular flexibility index (Phi) is 12.6. The van der Waals surface area contributed by atoms with E-state index in [1.165, 1.54) is 0 Å². The van der Waals surface area contributed by atoms with Gasteiger partial charge < -0.3 is 20.4 Å². The predicted octanol–water partition coefficient (Wildman–Crippen LogP) is 0.127. The average Bonchev–Trinajstić information content (AvgIpc) is 2.21. The molecule has 0 saturated carbocycles.